The number of hydrogen-bond acceptors (Lipinski definition) is 1. The van der Waals surface area contributed by atoms with Crippen LogP contribution in [-0.4, -0.2) is 4.57 Å². The van der Waals surface area contributed by atoms with Gasteiger partial charge in [-0.1, -0.05) is 115 Å². The topological polar surface area (TPSA) is 8.17 Å². The summed E-state index contributed by atoms with van der Waals surface area (Å²) in [5.41, 5.74) is 9.95. The molecular formula is C54H32F6N2. The van der Waals surface area contributed by atoms with Gasteiger partial charge < -0.3 is 9.47 Å². The molecule has 0 unspecified atom stereocenters. The number of rotatable bonds is 8. The zero-order valence-electron chi connectivity index (χ0n) is 32.6. The number of benzene rings is 9. The Balaban J connectivity index is 1.05. The first-order valence-electron chi connectivity index (χ1n) is 19.8. The second kappa shape index (κ2) is 15.6. The molecule has 1 aromatic heterocycles. The van der Waals surface area contributed by atoms with Gasteiger partial charge in [-0.15, -0.1) is 0 Å². The zero-order valence-corrected chi connectivity index (χ0v) is 32.6. The maximum atomic E-state index is 14.8. The summed E-state index contributed by atoms with van der Waals surface area (Å²) in [6.07, 6.45) is 0. The first-order valence-corrected chi connectivity index (χ1v) is 19.8. The van der Waals surface area contributed by atoms with E-state index in [1.54, 1.807) is 24.3 Å². The van der Waals surface area contributed by atoms with Crippen molar-refractivity contribution in [3.05, 3.63) is 229 Å². The van der Waals surface area contributed by atoms with Crippen LogP contribution < -0.4 is 4.90 Å². The Hall–Kier alpha value is -7.84. The normalized spacial score (nSPS) is 11.4. The van der Waals surface area contributed by atoms with Crippen molar-refractivity contribution in [2.75, 3.05) is 4.90 Å². The largest absolute Gasteiger partial charge is 0.311 e. The molecule has 0 N–H and O–H groups in total. The van der Waals surface area contributed by atoms with Crippen molar-refractivity contribution in [3.63, 3.8) is 0 Å². The Bertz CT molecular complexity index is 3230. The Labute approximate surface area is 352 Å². The highest BCUT2D eigenvalue weighted by molar-refractivity contribution is 6.11. The van der Waals surface area contributed by atoms with Gasteiger partial charge in [0.15, 0.2) is 23.3 Å². The van der Waals surface area contributed by atoms with Gasteiger partial charge >= 0.3 is 0 Å². The van der Waals surface area contributed by atoms with Gasteiger partial charge in [0.1, 0.15) is 5.82 Å². The molecule has 0 saturated heterocycles. The van der Waals surface area contributed by atoms with Gasteiger partial charge in [-0.2, -0.15) is 0 Å². The number of anilines is 3. The minimum Gasteiger partial charge on any atom is -0.311 e. The van der Waals surface area contributed by atoms with Crippen LogP contribution in [0.3, 0.4) is 0 Å². The van der Waals surface area contributed by atoms with Crippen molar-refractivity contribution in [1.29, 1.82) is 0 Å². The van der Waals surface area contributed by atoms with Crippen molar-refractivity contribution in [1.82, 2.24) is 4.57 Å². The van der Waals surface area contributed by atoms with E-state index in [1.807, 2.05) is 89.8 Å². The van der Waals surface area contributed by atoms with Gasteiger partial charge in [-0.05, 0) is 118 Å². The highest BCUT2D eigenvalue weighted by atomic mass is 19.2. The molecule has 0 saturated carbocycles. The minimum atomic E-state index is -2.21. The molecule has 0 bridgehead atoms. The van der Waals surface area contributed by atoms with Crippen molar-refractivity contribution >= 4 is 38.9 Å². The maximum Gasteiger partial charge on any atom is 0.200 e. The van der Waals surface area contributed by atoms with E-state index >= 15 is 0 Å². The van der Waals surface area contributed by atoms with Crippen LogP contribution in [0.4, 0.5) is 43.4 Å². The Kier molecular flexibility index (Phi) is 9.68. The number of halogens is 6. The minimum absolute atomic E-state index is 0.177. The van der Waals surface area contributed by atoms with Crippen LogP contribution in [0.1, 0.15) is 0 Å². The number of nitrogens with zero attached hydrogens (tertiary/aromatic N) is 2. The van der Waals surface area contributed by atoms with Crippen LogP contribution in [0.15, 0.2) is 194 Å². The molecule has 300 valence electrons. The summed E-state index contributed by atoms with van der Waals surface area (Å²) in [7, 11) is 0. The smallest absolute Gasteiger partial charge is 0.200 e. The molecule has 1 heterocycles. The highest BCUT2D eigenvalue weighted by Gasteiger charge is 2.27. The zero-order chi connectivity index (χ0) is 42.5. The van der Waals surface area contributed by atoms with Crippen LogP contribution in [0.2, 0.25) is 0 Å². The fourth-order valence-corrected chi connectivity index (χ4v) is 8.20. The molecule has 0 spiro atoms. The molecule has 0 radical (unpaired) electrons. The molecule has 62 heavy (non-hydrogen) atoms. The third-order valence-corrected chi connectivity index (χ3v) is 11.3. The van der Waals surface area contributed by atoms with Gasteiger partial charge in [-0.3, -0.25) is 0 Å². The standard InChI is InChI=1S/C54H32F6N2/c55-40-21-11-34(12-22-40)35-13-23-42(24-14-35)61(44-27-17-37(18-28-44)49-50(56)52(58)54(60)53(59)51(49)57)43-25-15-36(16-26-43)38-20-30-47-46(31-38)45-29-19-39(33-7-3-1-4-8-33)32-48(45)62(47)41-9-5-2-6-10-41/h1-32H. The van der Waals surface area contributed by atoms with E-state index in [0.717, 1.165) is 72.2 Å². The monoisotopic (exact) mass is 822 g/mol. The van der Waals surface area contributed by atoms with Crippen LogP contribution >= 0.6 is 0 Å². The molecule has 0 aliphatic rings. The fraction of sp³-hybridized carbons (Fsp3) is 0. The lowest BCUT2D eigenvalue weighted by molar-refractivity contribution is 0.381. The van der Waals surface area contributed by atoms with E-state index in [1.165, 1.54) is 24.3 Å². The van der Waals surface area contributed by atoms with Gasteiger partial charge in [0.25, 0.3) is 0 Å². The van der Waals surface area contributed by atoms with E-state index in [0.29, 0.717) is 5.69 Å². The van der Waals surface area contributed by atoms with Gasteiger partial charge in [0, 0.05) is 33.5 Å². The summed E-state index contributed by atoms with van der Waals surface area (Å²) < 4.78 is 87.8. The summed E-state index contributed by atoms with van der Waals surface area (Å²) in [6, 6.07) is 61.1. The van der Waals surface area contributed by atoms with Crippen LogP contribution in [0.25, 0.3) is 72.0 Å². The number of aromatic nitrogens is 1. The maximum absolute atomic E-state index is 14.8. The molecule has 10 rings (SSSR count). The van der Waals surface area contributed by atoms with Crippen molar-refractivity contribution in [3.8, 4) is 50.2 Å². The lowest BCUT2D eigenvalue weighted by Gasteiger charge is -2.26. The van der Waals surface area contributed by atoms with Crippen LogP contribution in [-0.2, 0) is 0 Å². The predicted molar refractivity (Wildman–Crippen MR) is 237 cm³/mol. The SMILES string of the molecule is Fc1ccc(-c2ccc(N(c3ccc(-c4ccc5c(c4)c4ccc(-c6ccccc6)cc4n5-c4ccccc4)cc3)c3ccc(-c4c(F)c(F)c(F)c(F)c4F)cc3)cc2)cc1. The van der Waals surface area contributed by atoms with Crippen molar-refractivity contribution in [2.45, 2.75) is 0 Å². The predicted octanol–water partition coefficient (Wildman–Crippen LogP) is 15.8. The second-order valence-electron chi connectivity index (χ2n) is 14.9. The van der Waals surface area contributed by atoms with E-state index in [-0.39, 0.29) is 11.4 Å². The van der Waals surface area contributed by atoms with Crippen molar-refractivity contribution in [2.24, 2.45) is 0 Å². The Morgan fingerprint density at radius 3 is 1.29 bits per heavy atom. The van der Waals surface area contributed by atoms with E-state index in [4.69, 9.17) is 0 Å². The average Bonchev–Trinajstić information content (AvgIpc) is 3.65. The van der Waals surface area contributed by atoms with Gasteiger partial charge in [-0.25, -0.2) is 26.3 Å². The molecule has 0 atom stereocenters. The van der Waals surface area contributed by atoms with Crippen LogP contribution in [0, 0.1) is 34.9 Å². The third kappa shape index (κ3) is 6.76. The van der Waals surface area contributed by atoms with Gasteiger partial charge in [0.2, 0.25) is 5.82 Å². The quantitative estimate of drug-likeness (QED) is 0.0842. The molecule has 8 heteroatoms. The van der Waals surface area contributed by atoms with Gasteiger partial charge in [0.05, 0.1) is 16.6 Å². The van der Waals surface area contributed by atoms with E-state index in [9.17, 15) is 26.3 Å². The van der Waals surface area contributed by atoms with Crippen LogP contribution in [0.5, 0.6) is 0 Å². The molecule has 0 amide bonds. The van der Waals surface area contributed by atoms with Crippen molar-refractivity contribution < 1.29 is 26.3 Å². The molecule has 10 aromatic rings. The molecular weight excluding hydrogens is 791 g/mol. The molecule has 9 aromatic carbocycles. The first kappa shape index (κ1) is 38.4. The summed E-state index contributed by atoms with van der Waals surface area (Å²) >= 11 is 0. The Morgan fingerprint density at radius 1 is 0.306 bits per heavy atom. The molecule has 0 aliphatic heterocycles. The number of hydrogen-bond donors (Lipinski definition) is 0. The second-order valence-corrected chi connectivity index (χ2v) is 14.9. The summed E-state index contributed by atoms with van der Waals surface area (Å²) in [4.78, 5) is 1.92. The number of fused-ring (bicyclic) bond motifs is 3. The Morgan fingerprint density at radius 2 is 0.726 bits per heavy atom. The number of para-hydroxylation sites is 1. The summed E-state index contributed by atoms with van der Waals surface area (Å²) in [5.74, 6) is -10.4. The van der Waals surface area contributed by atoms with E-state index in [2.05, 4.69) is 65.2 Å². The molecule has 0 fully saturated rings. The summed E-state index contributed by atoms with van der Waals surface area (Å²) in [5, 5.41) is 2.22. The fourth-order valence-electron chi connectivity index (χ4n) is 8.20. The first-order chi connectivity index (χ1) is 30.2. The van der Waals surface area contributed by atoms with E-state index < -0.39 is 34.6 Å². The third-order valence-electron chi connectivity index (χ3n) is 11.3. The average molecular weight is 823 g/mol. The lowest BCUT2D eigenvalue weighted by atomic mass is 10.00. The summed E-state index contributed by atoms with van der Waals surface area (Å²) in [6.45, 7) is 0. The highest BCUT2D eigenvalue weighted by Crippen LogP contribution is 2.41. The molecule has 0 aliphatic carbocycles. The lowest BCUT2D eigenvalue weighted by Crippen LogP contribution is -2.10. The molecule has 2 nitrogen and oxygen atoms in total.